The van der Waals surface area contributed by atoms with Gasteiger partial charge in [0.05, 0.1) is 17.5 Å². The van der Waals surface area contributed by atoms with Gasteiger partial charge in [-0.2, -0.15) is 21.6 Å². The summed E-state index contributed by atoms with van der Waals surface area (Å²) in [5.74, 6) is -0.302. The van der Waals surface area contributed by atoms with Gasteiger partial charge in [0.1, 0.15) is 12.4 Å². The van der Waals surface area contributed by atoms with Gasteiger partial charge < -0.3 is 9.15 Å². The first kappa shape index (κ1) is 22.7. The summed E-state index contributed by atoms with van der Waals surface area (Å²) in [5, 5.41) is -0.304. The van der Waals surface area contributed by atoms with Crippen molar-refractivity contribution >= 4 is 15.7 Å². The summed E-state index contributed by atoms with van der Waals surface area (Å²) in [6, 6.07) is 14.4. The Morgan fingerprint density at radius 1 is 1.03 bits per heavy atom. The summed E-state index contributed by atoms with van der Waals surface area (Å²) in [6.45, 7) is 3.61. The van der Waals surface area contributed by atoms with E-state index in [2.05, 4.69) is 0 Å². The first-order valence-corrected chi connectivity index (χ1v) is 11.0. The van der Waals surface area contributed by atoms with E-state index < -0.39 is 21.8 Å². The molecule has 3 rings (SSSR count). The molecular formula is C22H22F3NO4S. The van der Waals surface area contributed by atoms with Gasteiger partial charge in [0.15, 0.2) is 0 Å². The SMILES string of the molecule is CC(C)CN(c1ccc(C(F)(F)F)cc1OCc1ccccc1)S(=O)(=O)c1ccco1. The first-order valence-electron chi connectivity index (χ1n) is 9.53. The van der Waals surface area contributed by atoms with E-state index in [0.717, 1.165) is 28.1 Å². The fourth-order valence-electron chi connectivity index (χ4n) is 2.92. The van der Waals surface area contributed by atoms with Crippen LogP contribution in [0.1, 0.15) is 25.0 Å². The molecule has 5 nitrogen and oxygen atoms in total. The predicted molar refractivity (Wildman–Crippen MR) is 110 cm³/mol. The molecule has 2 aromatic carbocycles. The lowest BCUT2D eigenvalue weighted by Crippen LogP contribution is -2.34. The van der Waals surface area contributed by atoms with Crippen LogP contribution in [0.25, 0.3) is 0 Å². The molecule has 0 radical (unpaired) electrons. The van der Waals surface area contributed by atoms with E-state index in [4.69, 9.17) is 9.15 Å². The molecule has 0 amide bonds. The van der Waals surface area contributed by atoms with Gasteiger partial charge in [0, 0.05) is 6.54 Å². The zero-order valence-corrected chi connectivity index (χ0v) is 17.8. The van der Waals surface area contributed by atoms with Crippen molar-refractivity contribution < 1.29 is 30.7 Å². The lowest BCUT2D eigenvalue weighted by atomic mass is 10.1. The van der Waals surface area contributed by atoms with E-state index in [1.807, 2.05) is 0 Å². The Morgan fingerprint density at radius 3 is 2.32 bits per heavy atom. The molecule has 0 atom stereocenters. The number of halogens is 3. The summed E-state index contributed by atoms with van der Waals surface area (Å²) in [7, 11) is -4.15. The Bertz CT molecular complexity index is 1100. The lowest BCUT2D eigenvalue weighted by molar-refractivity contribution is -0.137. The Labute approximate surface area is 179 Å². The molecule has 0 N–H and O–H groups in total. The molecule has 0 fully saturated rings. The van der Waals surface area contributed by atoms with Crippen LogP contribution in [0.3, 0.4) is 0 Å². The fraction of sp³-hybridized carbons (Fsp3) is 0.273. The molecule has 0 saturated heterocycles. The van der Waals surface area contributed by atoms with E-state index in [9.17, 15) is 21.6 Å². The molecule has 1 aromatic heterocycles. The maximum absolute atomic E-state index is 13.3. The summed E-state index contributed by atoms with van der Waals surface area (Å²) in [5.41, 5.74) is -0.191. The highest BCUT2D eigenvalue weighted by Gasteiger charge is 2.34. The van der Waals surface area contributed by atoms with Crippen LogP contribution in [0.5, 0.6) is 5.75 Å². The van der Waals surface area contributed by atoms with Crippen LogP contribution < -0.4 is 9.04 Å². The van der Waals surface area contributed by atoms with Gasteiger partial charge in [-0.15, -0.1) is 0 Å². The van der Waals surface area contributed by atoms with E-state index in [0.29, 0.717) is 0 Å². The molecule has 1 heterocycles. The average Bonchev–Trinajstić information content (AvgIpc) is 3.26. The van der Waals surface area contributed by atoms with Crippen LogP contribution in [0, 0.1) is 5.92 Å². The Kier molecular flexibility index (Phi) is 6.64. The maximum Gasteiger partial charge on any atom is 0.416 e. The van der Waals surface area contributed by atoms with E-state index >= 15 is 0 Å². The van der Waals surface area contributed by atoms with E-state index in [1.165, 1.54) is 18.4 Å². The van der Waals surface area contributed by atoms with E-state index in [-0.39, 0.29) is 35.6 Å². The highest BCUT2D eigenvalue weighted by atomic mass is 32.2. The van der Waals surface area contributed by atoms with Crippen molar-refractivity contribution in [2.75, 3.05) is 10.8 Å². The number of anilines is 1. The van der Waals surface area contributed by atoms with E-state index in [1.54, 1.807) is 44.2 Å². The molecule has 0 spiro atoms. The highest BCUT2D eigenvalue weighted by Crippen LogP contribution is 2.39. The molecule has 0 aliphatic heterocycles. The molecule has 0 bridgehead atoms. The predicted octanol–water partition coefficient (Wildman–Crippen LogP) is 5.73. The van der Waals surface area contributed by atoms with Gasteiger partial charge in [-0.1, -0.05) is 44.2 Å². The van der Waals surface area contributed by atoms with Gasteiger partial charge in [0.25, 0.3) is 10.0 Å². The second-order valence-corrected chi connectivity index (χ2v) is 9.11. The van der Waals surface area contributed by atoms with Crippen LogP contribution >= 0.6 is 0 Å². The quantitative estimate of drug-likeness (QED) is 0.437. The summed E-state index contributed by atoms with van der Waals surface area (Å²) >= 11 is 0. The minimum absolute atomic E-state index is 0.00836. The van der Waals surface area contributed by atoms with Crippen LogP contribution in [-0.4, -0.2) is 15.0 Å². The number of sulfonamides is 1. The molecule has 31 heavy (non-hydrogen) atoms. The minimum Gasteiger partial charge on any atom is -0.487 e. The molecule has 0 saturated carbocycles. The van der Waals surface area contributed by atoms with Gasteiger partial charge in [-0.3, -0.25) is 4.31 Å². The zero-order chi connectivity index (χ0) is 22.6. The van der Waals surface area contributed by atoms with Crippen LogP contribution in [-0.2, 0) is 22.8 Å². The number of alkyl halides is 3. The summed E-state index contributed by atoms with van der Waals surface area (Å²) in [6.07, 6.45) is -3.38. The number of rotatable bonds is 8. The number of nitrogens with zero attached hydrogens (tertiary/aromatic N) is 1. The fourth-order valence-corrected chi connectivity index (χ4v) is 4.47. The maximum atomic E-state index is 13.3. The van der Waals surface area contributed by atoms with Crippen molar-refractivity contribution in [2.45, 2.75) is 31.7 Å². The van der Waals surface area contributed by atoms with Crippen LogP contribution in [0.2, 0.25) is 0 Å². The molecule has 9 heteroatoms. The van der Waals surface area contributed by atoms with Crippen LogP contribution in [0.4, 0.5) is 18.9 Å². The third kappa shape index (κ3) is 5.41. The monoisotopic (exact) mass is 453 g/mol. The van der Waals surface area contributed by atoms with Crippen LogP contribution in [0.15, 0.2) is 76.4 Å². The summed E-state index contributed by atoms with van der Waals surface area (Å²) in [4.78, 5) is 0. The minimum atomic E-state index is -4.61. The Balaban J connectivity index is 2.08. The second-order valence-electron chi connectivity index (χ2n) is 7.32. The molecule has 166 valence electrons. The van der Waals surface area contributed by atoms with Crippen molar-refractivity contribution in [3.63, 3.8) is 0 Å². The first-order chi connectivity index (χ1) is 14.6. The number of benzene rings is 2. The Hall–Kier alpha value is -2.94. The standard InChI is InChI=1S/C22H22F3NO4S/c1-16(2)14-26(31(27,28)21-9-6-12-29-21)19-11-10-18(22(23,24)25)13-20(19)30-15-17-7-4-3-5-8-17/h3-13,16H,14-15H2,1-2H3. The molecule has 0 unspecified atom stereocenters. The number of furan rings is 1. The van der Waals surface area contributed by atoms with Crippen molar-refractivity contribution in [3.05, 3.63) is 78.1 Å². The second kappa shape index (κ2) is 9.05. The van der Waals surface area contributed by atoms with Crippen molar-refractivity contribution in [1.29, 1.82) is 0 Å². The smallest absolute Gasteiger partial charge is 0.416 e. The Morgan fingerprint density at radius 2 is 1.74 bits per heavy atom. The normalized spacial score (nSPS) is 12.2. The average molecular weight is 453 g/mol. The lowest BCUT2D eigenvalue weighted by Gasteiger charge is -2.27. The number of hydrogen-bond donors (Lipinski definition) is 0. The molecule has 0 aliphatic carbocycles. The molecule has 0 aliphatic rings. The van der Waals surface area contributed by atoms with Gasteiger partial charge in [-0.25, -0.2) is 0 Å². The largest absolute Gasteiger partial charge is 0.487 e. The highest BCUT2D eigenvalue weighted by molar-refractivity contribution is 7.92. The van der Waals surface area contributed by atoms with Gasteiger partial charge in [0.2, 0.25) is 5.09 Å². The van der Waals surface area contributed by atoms with Crippen molar-refractivity contribution in [2.24, 2.45) is 5.92 Å². The number of hydrogen-bond acceptors (Lipinski definition) is 4. The molecule has 3 aromatic rings. The summed E-state index contributed by atoms with van der Waals surface area (Å²) < 4.78 is 78.2. The van der Waals surface area contributed by atoms with Gasteiger partial charge in [-0.05, 0) is 41.8 Å². The third-order valence-electron chi connectivity index (χ3n) is 4.36. The van der Waals surface area contributed by atoms with Crippen molar-refractivity contribution in [3.8, 4) is 5.75 Å². The zero-order valence-electron chi connectivity index (χ0n) is 17.0. The number of ether oxygens (including phenoxy) is 1. The third-order valence-corrected chi connectivity index (χ3v) is 6.03. The van der Waals surface area contributed by atoms with Gasteiger partial charge >= 0.3 is 6.18 Å². The van der Waals surface area contributed by atoms with Crippen molar-refractivity contribution in [1.82, 2.24) is 0 Å². The topological polar surface area (TPSA) is 59.8 Å². The molecular weight excluding hydrogens is 431 g/mol.